The van der Waals surface area contributed by atoms with Crippen molar-refractivity contribution in [3.63, 3.8) is 0 Å². The van der Waals surface area contributed by atoms with E-state index in [-0.39, 0.29) is 5.82 Å². The van der Waals surface area contributed by atoms with Crippen LogP contribution < -0.4 is 20.7 Å². The number of ether oxygens (including phenoxy) is 1. The number of benzene rings is 2. The van der Waals surface area contributed by atoms with Gasteiger partial charge in [-0.05, 0) is 55.0 Å². The van der Waals surface area contributed by atoms with Gasteiger partial charge in [-0.25, -0.2) is 9.18 Å². The van der Waals surface area contributed by atoms with E-state index < -0.39 is 6.03 Å². The highest BCUT2D eigenvalue weighted by Gasteiger charge is 2.16. The van der Waals surface area contributed by atoms with Crippen LogP contribution in [0.3, 0.4) is 0 Å². The number of hydrogen-bond donors (Lipinski definition) is 2. The lowest BCUT2D eigenvalue weighted by Gasteiger charge is -2.36. The van der Waals surface area contributed by atoms with E-state index in [0.29, 0.717) is 12.3 Å². The largest absolute Gasteiger partial charge is 0.494 e. The van der Waals surface area contributed by atoms with Crippen molar-refractivity contribution >= 4 is 17.4 Å². The summed E-state index contributed by atoms with van der Waals surface area (Å²) in [6.07, 6.45) is 0.942. The Morgan fingerprint density at radius 2 is 1.70 bits per heavy atom. The number of carbonyl (C=O) groups excluding carboxylic acids is 1. The monoisotopic (exact) mass is 372 g/mol. The maximum absolute atomic E-state index is 13.0. The zero-order valence-electron chi connectivity index (χ0n) is 15.2. The summed E-state index contributed by atoms with van der Waals surface area (Å²) >= 11 is 0. The van der Waals surface area contributed by atoms with Gasteiger partial charge in [0, 0.05) is 44.1 Å². The number of piperazine rings is 1. The van der Waals surface area contributed by atoms with Gasteiger partial charge in [-0.15, -0.1) is 0 Å². The number of rotatable bonds is 7. The Hall–Kier alpha value is -2.80. The van der Waals surface area contributed by atoms with Crippen molar-refractivity contribution < 1.29 is 13.9 Å². The van der Waals surface area contributed by atoms with Crippen LogP contribution in [0.2, 0.25) is 0 Å². The van der Waals surface area contributed by atoms with E-state index in [1.54, 1.807) is 12.1 Å². The normalized spacial score (nSPS) is 14.8. The van der Waals surface area contributed by atoms with Crippen molar-refractivity contribution in [1.82, 2.24) is 4.90 Å². The summed E-state index contributed by atoms with van der Waals surface area (Å²) < 4.78 is 18.8. The summed E-state index contributed by atoms with van der Waals surface area (Å²) in [5.74, 6) is 0.572. The van der Waals surface area contributed by atoms with Crippen LogP contribution in [0.25, 0.3) is 0 Å². The molecule has 0 saturated carbocycles. The van der Waals surface area contributed by atoms with Crippen LogP contribution >= 0.6 is 0 Å². The predicted molar refractivity (Wildman–Crippen MR) is 105 cm³/mol. The van der Waals surface area contributed by atoms with Crippen molar-refractivity contribution in [2.24, 2.45) is 5.73 Å². The smallest absolute Gasteiger partial charge is 0.316 e. The Morgan fingerprint density at radius 1 is 1.04 bits per heavy atom. The fraction of sp³-hybridized carbons (Fsp3) is 0.350. The fourth-order valence-electron chi connectivity index (χ4n) is 3.14. The number of nitrogens with zero attached hydrogens (tertiary/aromatic N) is 2. The van der Waals surface area contributed by atoms with Crippen LogP contribution in [0.4, 0.5) is 20.6 Å². The Bertz CT molecular complexity index is 729. The van der Waals surface area contributed by atoms with E-state index in [9.17, 15) is 9.18 Å². The van der Waals surface area contributed by atoms with Crippen LogP contribution in [0.5, 0.6) is 5.75 Å². The van der Waals surface area contributed by atoms with E-state index in [1.807, 2.05) is 24.3 Å². The van der Waals surface area contributed by atoms with Crippen molar-refractivity contribution in [2.75, 3.05) is 49.5 Å². The van der Waals surface area contributed by atoms with Gasteiger partial charge in [0.05, 0.1) is 6.61 Å². The molecule has 144 valence electrons. The molecule has 0 unspecified atom stereocenters. The molecular formula is C20H25FN4O2. The number of urea groups is 1. The minimum atomic E-state index is -0.580. The van der Waals surface area contributed by atoms with Crippen molar-refractivity contribution in [3.05, 3.63) is 54.3 Å². The lowest BCUT2D eigenvalue weighted by molar-refractivity contribution is 0.225. The van der Waals surface area contributed by atoms with E-state index in [2.05, 4.69) is 15.1 Å². The van der Waals surface area contributed by atoms with Gasteiger partial charge in [0.1, 0.15) is 11.6 Å². The van der Waals surface area contributed by atoms with Crippen LogP contribution in [0.15, 0.2) is 48.5 Å². The summed E-state index contributed by atoms with van der Waals surface area (Å²) in [7, 11) is 0. The average Bonchev–Trinajstić information content (AvgIpc) is 2.67. The number of carbonyl (C=O) groups is 1. The van der Waals surface area contributed by atoms with Crippen LogP contribution in [0, 0.1) is 5.82 Å². The third-order valence-corrected chi connectivity index (χ3v) is 4.57. The average molecular weight is 372 g/mol. The molecule has 0 aromatic heterocycles. The summed E-state index contributed by atoms with van der Waals surface area (Å²) in [5, 5.41) is 2.51. The van der Waals surface area contributed by atoms with Gasteiger partial charge in [0.15, 0.2) is 0 Å². The minimum Gasteiger partial charge on any atom is -0.494 e. The fourth-order valence-corrected chi connectivity index (χ4v) is 3.14. The molecular weight excluding hydrogens is 347 g/mol. The molecule has 1 aliphatic heterocycles. The molecule has 6 nitrogen and oxygen atoms in total. The molecule has 7 heteroatoms. The molecule has 1 aliphatic rings. The van der Waals surface area contributed by atoms with E-state index in [1.165, 1.54) is 12.1 Å². The van der Waals surface area contributed by atoms with E-state index >= 15 is 0 Å². The van der Waals surface area contributed by atoms with Gasteiger partial charge in [-0.3, -0.25) is 4.90 Å². The van der Waals surface area contributed by atoms with Crippen molar-refractivity contribution in [2.45, 2.75) is 6.42 Å². The molecule has 0 spiro atoms. The molecule has 1 heterocycles. The highest BCUT2D eigenvalue weighted by atomic mass is 19.1. The quantitative estimate of drug-likeness (QED) is 0.733. The molecule has 3 N–H and O–H groups in total. The molecule has 2 amide bonds. The lowest BCUT2D eigenvalue weighted by atomic mass is 10.2. The second-order valence-electron chi connectivity index (χ2n) is 6.52. The molecule has 0 bridgehead atoms. The Morgan fingerprint density at radius 3 is 2.33 bits per heavy atom. The summed E-state index contributed by atoms with van der Waals surface area (Å²) in [6.45, 7) is 5.50. The van der Waals surface area contributed by atoms with Gasteiger partial charge in [0.25, 0.3) is 0 Å². The number of nitrogens with two attached hydrogens (primary N) is 1. The first-order valence-electron chi connectivity index (χ1n) is 9.12. The standard InChI is InChI=1S/C20H25FN4O2/c21-16-2-6-18(7-3-16)25-13-11-24(12-14-25)10-1-15-27-19-8-4-17(5-9-19)23-20(22)26/h2-9H,1,10-15H2,(H3,22,23,26). The van der Waals surface area contributed by atoms with Crippen LogP contribution in [-0.2, 0) is 0 Å². The Labute approximate surface area is 158 Å². The van der Waals surface area contributed by atoms with E-state index in [0.717, 1.165) is 50.6 Å². The molecule has 2 aromatic carbocycles. The van der Waals surface area contributed by atoms with E-state index in [4.69, 9.17) is 10.5 Å². The zero-order valence-corrected chi connectivity index (χ0v) is 15.2. The van der Waals surface area contributed by atoms with Crippen LogP contribution in [0.1, 0.15) is 6.42 Å². The maximum Gasteiger partial charge on any atom is 0.316 e. The van der Waals surface area contributed by atoms with Gasteiger partial charge in [-0.1, -0.05) is 0 Å². The third-order valence-electron chi connectivity index (χ3n) is 4.57. The van der Waals surface area contributed by atoms with Crippen molar-refractivity contribution in [3.8, 4) is 5.75 Å². The zero-order chi connectivity index (χ0) is 19.1. The topological polar surface area (TPSA) is 70.8 Å². The second-order valence-corrected chi connectivity index (χ2v) is 6.52. The Kier molecular flexibility index (Phi) is 6.49. The number of primary amides is 1. The number of nitrogens with one attached hydrogen (secondary N) is 1. The molecule has 27 heavy (non-hydrogen) atoms. The third kappa shape index (κ3) is 5.86. The molecule has 0 atom stereocenters. The first-order chi connectivity index (χ1) is 13.1. The summed E-state index contributed by atoms with van der Waals surface area (Å²) in [4.78, 5) is 15.5. The first-order valence-corrected chi connectivity index (χ1v) is 9.12. The molecule has 0 radical (unpaired) electrons. The van der Waals surface area contributed by atoms with Gasteiger partial charge in [0.2, 0.25) is 0 Å². The molecule has 1 saturated heterocycles. The minimum absolute atomic E-state index is 0.198. The lowest BCUT2D eigenvalue weighted by Crippen LogP contribution is -2.46. The molecule has 0 aliphatic carbocycles. The Balaban J connectivity index is 1.33. The maximum atomic E-state index is 13.0. The predicted octanol–water partition coefficient (Wildman–Crippen LogP) is 2.91. The van der Waals surface area contributed by atoms with Gasteiger partial charge in [-0.2, -0.15) is 0 Å². The number of amides is 2. The number of anilines is 2. The summed E-state index contributed by atoms with van der Waals surface area (Å²) in [6, 6.07) is 13.3. The SMILES string of the molecule is NC(=O)Nc1ccc(OCCCN2CCN(c3ccc(F)cc3)CC2)cc1. The first kappa shape index (κ1) is 19.0. The van der Waals surface area contributed by atoms with Crippen LogP contribution in [-0.4, -0.2) is 50.3 Å². The van der Waals surface area contributed by atoms with Gasteiger partial charge >= 0.3 is 6.03 Å². The highest BCUT2D eigenvalue weighted by molar-refractivity contribution is 5.87. The summed E-state index contributed by atoms with van der Waals surface area (Å²) in [5.41, 5.74) is 6.80. The molecule has 1 fully saturated rings. The van der Waals surface area contributed by atoms with Gasteiger partial charge < -0.3 is 20.7 Å². The second kappa shape index (κ2) is 9.23. The van der Waals surface area contributed by atoms with Crippen molar-refractivity contribution in [1.29, 1.82) is 0 Å². The number of halogens is 1. The molecule has 3 rings (SSSR count). The number of hydrogen-bond acceptors (Lipinski definition) is 4. The molecule has 2 aromatic rings. The highest BCUT2D eigenvalue weighted by Crippen LogP contribution is 2.18.